The van der Waals surface area contributed by atoms with Gasteiger partial charge >= 0.3 is 17.8 Å². The summed E-state index contributed by atoms with van der Waals surface area (Å²) in [4.78, 5) is 20.9. The molecule has 0 saturated carbocycles. The molecular formula is C11H10F3NO6. The first kappa shape index (κ1) is 16.7. The highest BCUT2D eigenvalue weighted by molar-refractivity contribution is 5.82. The fraction of sp³-hybridized carbons (Fsp3) is 0.364. The number of nitro groups is 1. The Bertz CT molecular complexity index is 600. The van der Waals surface area contributed by atoms with Gasteiger partial charge in [0.05, 0.1) is 12.0 Å². The molecule has 2 N–H and O–H groups in total. The van der Waals surface area contributed by atoms with E-state index in [9.17, 15) is 38.3 Å². The van der Waals surface area contributed by atoms with E-state index < -0.39 is 39.7 Å². The van der Waals surface area contributed by atoms with Crippen molar-refractivity contribution < 1.29 is 37.8 Å². The molecule has 1 aromatic carbocycles. The number of ether oxygens (including phenoxy) is 1. The van der Waals surface area contributed by atoms with Crippen molar-refractivity contribution in [2.75, 3.05) is 7.11 Å². The number of aliphatic hydroxyl groups is 1. The van der Waals surface area contributed by atoms with Gasteiger partial charge in [0.1, 0.15) is 0 Å². The van der Waals surface area contributed by atoms with E-state index in [0.717, 1.165) is 6.92 Å². The van der Waals surface area contributed by atoms with Crippen molar-refractivity contribution in [3.63, 3.8) is 0 Å². The molecule has 116 valence electrons. The number of alkyl halides is 3. The van der Waals surface area contributed by atoms with E-state index >= 15 is 0 Å². The molecule has 0 saturated heterocycles. The summed E-state index contributed by atoms with van der Waals surface area (Å²) >= 11 is 0. The molecule has 1 rings (SSSR count). The monoisotopic (exact) mass is 309 g/mol. The number of nitrogens with zero attached hydrogens (tertiary/aromatic N) is 1. The number of aromatic hydroxyl groups is 1. The third-order valence-corrected chi connectivity index (χ3v) is 2.79. The molecule has 7 nitrogen and oxygen atoms in total. The maximum absolute atomic E-state index is 13.0. The number of hydrogen-bond donors (Lipinski definition) is 2. The maximum Gasteiger partial charge on any atom is 0.432 e. The van der Waals surface area contributed by atoms with Crippen LogP contribution < -0.4 is 0 Å². The van der Waals surface area contributed by atoms with Gasteiger partial charge in [-0.05, 0) is 18.6 Å². The van der Waals surface area contributed by atoms with Crippen LogP contribution in [0.2, 0.25) is 0 Å². The number of hydrogen-bond acceptors (Lipinski definition) is 6. The number of benzene rings is 1. The molecule has 0 spiro atoms. The van der Waals surface area contributed by atoms with Crippen LogP contribution in [0.25, 0.3) is 0 Å². The zero-order valence-electron chi connectivity index (χ0n) is 10.8. The summed E-state index contributed by atoms with van der Waals surface area (Å²) in [5.74, 6) is -2.91. The van der Waals surface area contributed by atoms with Gasteiger partial charge < -0.3 is 14.9 Å². The van der Waals surface area contributed by atoms with Gasteiger partial charge in [-0.1, -0.05) is 0 Å². The van der Waals surface area contributed by atoms with Crippen molar-refractivity contribution in [3.8, 4) is 5.75 Å². The Morgan fingerprint density at radius 2 is 1.90 bits per heavy atom. The topological polar surface area (TPSA) is 110 Å². The van der Waals surface area contributed by atoms with Crippen LogP contribution in [0.3, 0.4) is 0 Å². The molecule has 0 aliphatic carbocycles. The summed E-state index contributed by atoms with van der Waals surface area (Å²) < 4.78 is 43.0. The second-order valence-corrected chi connectivity index (χ2v) is 4.12. The first-order chi connectivity index (χ1) is 9.46. The Labute approximate surface area is 115 Å². The second-order valence-electron chi connectivity index (χ2n) is 4.12. The largest absolute Gasteiger partial charge is 0.502 e. The number of phenols is 1. The normalized spacial score (nSPS) is 14.4. The Hall–Kier alpha value is -2.36. The standard InChI is InChI=1S/C11H10F3NO6/c1-5-3-6(4-7(8(5)16)15(19)20)10(18,9(17)21-2)11(12,13)14/h3-4,16,18H,1-2H3/t10-/m0/s1. The molecule has 0 amide bonds. The third kappa shape index (κ3) is 2.61. The lowest BCUT2D eigenvalue weighted by atomic mass is 9.91. The van der Waals surface area contributed by atoms with Gasteiger partial charge in [0.25, 0.3) is 5.60 Å². The van der Waals surface area contributed by atoms with E-state index in [-0.39, 0.29) is 11.6 Å². The lowest BCUT2D eigenvalue weighted by Gasteiger charge is -2.28. The number of carbonyl (C=O) groups is 1. The van der Waals surface area contributed by atoms with Gasteiger partial charge in [0.2, 0.25) is 0 Å². The van der Waals surface area contributed by atoms with Gasteiger partial charge in [0.15, 0.2) is 5.75 Å². The van der Waals surface area contributed by atoms with Gasteiger partial charge in [-0.3, -0.25) is 10.1 Å². The number of carbonyl (C=O) groups excluding carboxylic acids is 1. The Balaban J connectivity index is 3.69. The van der Waals surface area contributed by atoms with Crippen LogP contribution in [0.4, 0.5) is 18.9 Å². The first-order valence-corrected chi connectivity index (χ1v) is 5.32. The molecule has 0 unspecified atom stereocenters. The van der Waals surface area contributed by atoms with Crippen LogP contribution in [0, 0.1) is 17.0 Å². The molecule has 0 aromatic heterocycles. The summed E-state index contributed by atoms with van der Waals surface area (Å²) in [6.45, 7) is 1.08. The van der Waals surface area contributed by atoms with Crippen molar-refractivity contribution in [1.29, 1.82) is 0 Å². The number of rotatable bonds is 3. The predicted molar refractivity (Wildman–Crippen MR) is 61.5 cm³/mol. The lowest BCUT2D eigenvalue weighted by Crippen LogP contribution is -2.49. The van der Waals surface area contributed by atoms with Gasteiger partial charge in [-0.15, -0.1) is 0 Å². The van der Waals surface area contributed by atoms with Crippen LogP contribution >= 0.6 is 0 Å². The number of halogens is 3. The zero-order chi connectivity index (χ0) is 16.6. The van der Waals surface area contributed by atoms with E-state index in [1.54, 1.807) is 0 Å². The summed E-state index contributed by atoms with van der Waals surface area (Å²) in [6.07, 6.45) is -5.47. The molecule has 0 heterocycles. The molecule has 0 aliphatic rings. The van der Waals surface area contributed by atoms with Crippen molar-refractivity contribution in [3.05, 3.63) is 33.4 Å². The van der Waals surface area contributed by atoms with E-state index in [2.05, 4.69) is 4.74 Å². The zero-order valence-corrected chi connectivity index (χ0v) is 10.8. The van der Waals surface area contributed by atoms with Crippen molar-refractivity contribution >= 4 is 11.7 Å². The maximum atomic E-state index is 13.0. The predicted octanol–water partition coefficient (Wildman–Crippen LogP) is 1.53. The van der Waals surface area contributed by atoms with Gasteiger partial charge in [0, 0.05) is 11.6 Å². The lowest BCUT2D eigenvalue weighted by molar-refractivity contribution is -0.386. The molecule has 0 radical (unpaired) electrons. The van der Waals surface area contributed by atoms with Crippen molar-refractivity contribution in [2.24, 2.45) is 0 Å². The minimum absolute atomic E-state index is 0.271. The van der Waals surface area contributed by atoms with Gasteiger partial charge in [-0.25, -0.2) is 4.79 Å². The SMILES string of the molecule is COC(=O)[C@@](O)(c1cc(C)c(O)c([N+](=O)[O-])c1)C(F)(F)F. The number of phenolic OH excluding ortho intramolecular Hbond substituents is 1. The van der Waals surface area contributed by atoms with Crippen molar-refractivity contribution in [1.82, 2.24) is 0 Å². The fourth-order valence-corrected chi connectivity index (χ4v) is 1.65. The summed E-state index contributed by atoms with van der Waals surface area (Å²) in [5, 5.41) is 29.9. The molecule has 0 bridgehead atoms. The highest BCUT2D eigenvalue weighted by Crippen LogP contribution is 2.43. The van der Waals surface area contributed by atoms with Crippen LogP contribution in [-0.4, -0.2) is 34.4 Å². The number of esters is 1. The van der Waals surface area contributed by atoms with E-state index in [4.69, 9.17) is 0 Å². The molecule has 21 heavy (non-hydrogen) atoms. The minimum atomic E-state index is -5.47. The molecule has 1 aromatic rings. The average molecular weight is 309 g/mol. The number of aryl methyl sites for hydroxylation is 1. The van der Waals surface area contributed by atoms with E-state index in [1.807, 2.05) is 0 Å². The Morgan fingerprint density at radius 1 is 1.38 bits per heavy atom. The Kier molecular flexibility index (Phi) is 4.14. The molecule has 10 heteroatoms. The fourth-order valence-electron chi connectivity index (χ4n) is 1.65. The van der Waals surface area contributed by atoms with Crippen LogP contribution in [0.5, 0.6) is 5.75 Å². The Morgan fingerprint density at radius 3 is 2.29 bits per heavy atom. The highest BCUT2D eigenvalue weighted by atomic mass is 19.4. The second kappa shape index (κ2) is 5.20. The summed E-state index contributed by atoms with van der Waals surface area (Å²) in [5.41, 5.74) is -6.59. The number of nitro benzene ring substituents is 1. The average Bonchev–Trinajstić information content (AvgIpc) is 2.37. The van der Waals surface area contributed by atoms with Crippen LogP contribution in [0.1, 0.15) is 11.1 Å². The quantitative estimate of drug-likeness (QED) is 0.498. The van der Waals surface area contributed by atoms with Crippen molar-refractivity contribution in [2.45, 2.75) is 18.7 Å². The smallest absolute Gasteiger partial charge is 0.432 e. The third-order valence-electron chi connectivity index (χ3n) is 2.79. The summed E-state index contributed by atoms with van der Waals surface area (Å²) in [6, 6.07) is 0.888. The minimum Gasteiger partial charge on any atom is -0.502 e. The molecule has 1 atom stereocenters. The van der Waals surface area contributed by atoms with E-state index in [0.29, 0.717) is 13.2 Å². The molecule has 0 aliphatic heterocycles. The number of methoxy groups -OCH3 is 1. The van der Waals surface area contributed by atoms with Crippen LogP contribution in [-0.2, 0) is 15.1 Å². The van der Waals surface area contributed by atoms with Gasteiger partial charge in [-0.2, -0.15) is 13.2 Å². The molecule has 0 fully saturated rings. The summed E-state index contributed by atoms with van der Waals surface area (Å²) in [7, 11) is 0.626. The van der Waals surface area contributed by atoms with Crippen LogP contribution in [0.15, 0.2) is 12.1 Å². The highest BCUT2D eigenvalue weighted by Gasteiger charge is 2.62. The van der Waals surface area contributed by atoms with E-state index in [1.165, 1.54) is 0 Å². The first-order valence-electron chi connectivity index (χ1n) is 5.32. The molecular weight excluding hydrogens is 299 g/mol.